The van der Waals surface area contributed by atoms with Crippen LogP contribution in [0.15, 0.2) is 5.10 Å². The van der Waals surface area contributed by atoms with Crippen molar-refractivity contribution < 1.29 is 14.4 Å². The third kappa shape index (κ3) is 5.41. The molecule has 0 N–H and O–H groups in total. The van der Waals surface area contributed by atoms with Gasteiger partial charge < -0.3 is 4.84 Å². The van der Waals surface area contributed by atoms with Crippen molar-refractivity contribution in [3.8, 4) is 0 Å². The summed E-state index contributed by atoms with van der Waals surface area (Å²) in [6.45, 7) is 1.82. The second-order valence-electron chi connectivity index (χ2n) is 7.66. The Labute approximate surface area is 171 Å². The Balaban J connectivity index is 1.70. The molecule has 2 aliphatic carbocycles. The maximum Gasteiger partial charge on any atom is 0.360 e. The minimum atomic E-state index is -0.716. The van der Waals surface area contributed by atoms with Crippen LogP contribution in [-0.4, -0.2) is 50.2 Å². The van der Waals surface area contributed by atoms with Gasteiger partial charge in [-0.1, -0.05) is 50.3 Å². The van der Waals surface area contributed by atoms with Gasteiger partial charge in [0.1, 0.15) is 0 Å². The highest BCUT2D eigenvalue weighted by Gasteiger charge is 2.40. The predicted octanol–water partition coefficient (Wildman–Crippen LogP) is 3.97. The predicted molar refractivity (Wildman–Crippen MR) is 111 cm³/mol. The minimum absolute atomic E-state index is 0.182. The fourth-order valence-electron chi connectivity index (χ4n) is 4.25. The number of thiol groups is 1. The molecule has 27 heavy (non-hydrogen) atoms. The Morgan fingerprint density at radius 3 is 2.19 bits per heavy atom. The van der Waals surface area contributed by atoms with Crippen LogP contribution < -0.4 is 0 Å². The molecule has 0 saturated heterocycles. The normalized spacial score (nSPS) is 24.9. The van der Waals surface area contributed by atoms with Crippen molar-refractivity contribution in [2.45, 2.75) is 95.0 Å². The molecule has 1 unspecified atom stereocenters. The average molecular weight is 414 g/mol. The van der Waals surface area contributed by atoms with E-state index in [2.05, 4.69) is 17.7 Å². The van der Waals surface area contributed by atoms with Crippen LogP contribution in [0.25, 0.3) is 0 Å². The van der Waals surface area contributed by atoms with Gasteiger partial charge in [0.2, 0.25) is 11.3 Å². The van der Waals surface area contributed by atoms with E-state index in [-0.39, 0.29) is 18.3 Å². The molecular weight excluding hydrogens is 382 g/mol. The number of carbonyl (C=O) groups excluding carboxylic acids is 2. The van der Waals surface area contributed by atoms with Crippen LogP contribution in [0.4, 0.5) is 0 Å². The lowest BCUT2D eigenvalue weighted by Crippen LogP contribution is -2.49. The monoisotopic (exact) mass is 413 g/mol. The van der Waals surface area contributed by atoms with Gasteiger partial charge in [0.15, 0.2) is 0 Å². The van der Waals surface area contributed by atoms with E-state index >= 15 is 0 Å². The molecule has 8 heteroatoms. The Kier molecular flexibility index (Phi) is 7.90. The molecular formula is C19H31N3O3S2. The van der Waals surface area contributed by atoms with Crippen molar-refractivity contribution >= 4 is 41.3 Å². The number of rotatable bonds is 6. The minimum Gasteiger partial charge on any atom is -0.365 e. The number of thioether (sulfide) groups is 1. The van der Waals surface area contributed by atoms with Gasteiger partial charge in [0.25, 0.3) is 0 Å². The maximum absolute atomic E-state index is 13.0. The number of amides is 1. The van der Waals surface area contributed by atoms with E-state index in [1.165, 1.54) is 55.3 Å². The molecule has 0 radical (unpaired) electrons. The van der Waals surface area contributed by atoms with E-state index in [0.29, 0.717) is 22.9 Å². The molecule has 0 aromatic rings. The highest BCUT2D eigenvalue weighted by atomic mass is 32.2. The summed E-state index contributed by atoms with van der Waals surface area (Å²) in [4.78, 5) is 31.4. The van der Waals surface area contributed by atoms with Gasteiger partial charge in [0, 0.05) is 18.5 Å². The molecule has 0 spiro atoms. The van der Waals surface area contributed by atoms with Gasteiger partial charge in [-0.2, -0.15) is 17.7 Å². The lowest BCUT2D eigenvalue weighted by atomic mass is 9.90. The molecule has 0 aromatic heterocycles. The maximum atomic E-state index is 13.0. The number of hydrazone groups is 1. The van der Waals surface area contributed by atoms with Crippen molar-refractivity contribution in [1.29, 1.82) is 0 Å². The highest BCUT2D eigenvalue weighted by molar-refractivity contribution is 8.15. The standard InChI is InChI=1S/C19H31N3O3S2/c1-14-20-21(17(23)12-13-26)18(27-14)19(24)25-22(15-8-4-2-5-9-15)16-10-6-3-7-11-16/h15-16,18,26H,2-13H2,1H3. The van der Waals surface area contributed by atoms with Crippen molar-refractivity contribution in [3.63, 3.8) is 0 Å². The van der Waals surface area contributed by atoms with Gasteiger partial charge >= 0.3 is 5.97 Å². The first kappa shape index (κ1) is 21.0. The number of hydrogen-bond donors (Lipinski definition) is 1. The Morgan fingerprint density at radius 2 is 1.67 bits per heavy atom. The molecule has 6 nitrogen and oxygen atoms in total. The second-order valence-corrected chi connectivity index (χ2v) is 9.38. The second kappa shape index (κ2) is 10.2. The first-order valence-corrected chi connectivity index (χ1v) is 11.8. The molecule has 3 rings (SSSR count). The van der Waals surface area contributed by atoms with E-state index in [0.717, 1.165) is 25.7 Å². The number of carbonyl (C=O) groups is 2. The molecule has 1 heterocycles. The van der Waals surface area contributed by atoms with E-state index in [1.807, 2.05) is 12.0 Å². The Morgan fingerprint density at radius 1 is 1.11 bits per heavy atom. The Hall–Kier alpha value is -0.730. The Bertz CT molecular complexity index is 542. The molecule has 2 fully saturated rings. The van der Waals surface area contributed by atoms with Crippen LogP contribution in [0, 0.1) is 0 Å². The van der Waals surface area contributed by atoms with Crippen LogP contribution in [0.5, 0.6) is 0 Å². The zero-order valence-electron chi connectivity index (χ0n) is 16.1. The third-order valence-electron chi connectivity index (χ3n) is 5.60. The zero-order valence-corrected chi connectivity index (χ0v) is 17.9. The van der Waals surface area contributed by atoms with Crippen LogP contribution in [0.2, 0.25) is 0 Å². The summed E-state index contributed by atoms with van der Waals surface area (Å²) < 4.78 is 0. The summed E-state index contributed by atoms with van der Waals surface area (Å²) in [5, 5.41) is 7.55. The van der Waals surface area contributed by atoms with E-state index in [1.54, 1.807) is 0 Å². The molecule has 2 saturated carbocycles. The summed E-state index contributed by atoms with van der Waals surface area (Å²) in [6.07, 6.45) is 11.9. The fourth-order valence-corrected chi connectivity index (χ4v) is 5.30. The summed E-state index contributed by atoms with van der Waals surface area (Å²) in [5.74, 6) is -0.116. The van der Waals surface area contributed by atoms with Crippen molar-refractivity contribution in [3.05, 3.63) is 0 Å². The summed E-state index contributed by atoms with van der Waals surface area (Å²) in [6, 6.07) is 0.613. The molecule has 1 aliphatic heterocycles. The van der Waals surface area contributed by atoms with Gasteiger partial charge in [-0.15, -0.1) is 5.06 Å². The van der Waals surface area contributed by atoms with Crippen molar-refractivity contribution in [1.82, 2.24) is 10.1 Å². The lowest BCUT2D eigenvalue weighted by Gasteiger charge is -2.40. The molecule has 152 valence electrons. The summed E-state index contributed by atoms with van der Waals surface area (Å²) >= 11 is 5.42. The highest BCUT2D eigenvalue weighted by Crippen LogP contribution is 2.33. The first-order valence-electron chi connectivity index (χ1n) is 10.2. The molecule has 3 aliphatic rings. The third-order valence-corrected chi connectivity index (χ3v) is 6.86. The zero-order chi connectivity index (χ0) is 19.2. The van der Waals surface area contributed by atoms with E-state index < -0.39 is 5.37 Å². The molecule has 0 bridgehead atoms. The summed E-state index contributed by atoms with van der Waals surface area (Å²) in [7, 11) is 0. The number of nitrogens with zero attached hydrogens (tertiary/aromatic N) is 3. The SMILES string of the molecule is CC1=NN(C(=O)CCS)C(C(=O)ON(C2CCCCC2)C2CCCCC2)S1. The van der Waals surface area contributed by atoms with Crippen LogP contribution in [0.3, 0.4) is 0 Å². The van der Waals surface area contributed by atoms with Crippen molar-refractivity contribution in [2.24, 2.45) is 5.10 Å². The number of hydrogen-bond acceptors (Lipinski definition) is 7. The molecule has 0 aromatic carbocycles. The average Bonchev–Trinajstić information content (AvgIpc) is 3.09. The summed E-state index contributed by atoms with van der Waals surface area (Å²) in [5.41, 5.74) is 0. The topological polar surface area (TPSA) is 62.2 Å². The molecule has 1 amide bonds. The largest absolute Gasteiger partial charge is 0.365 e. The van der Waals surface area contributed by atoms with Gasteiger partial charge in [-0.25, -0.2) is 9.80 Å². The smallest absolute Gasteiger partial charge is 0.360 e. The number of hydroxylamine groups is 2. The van der Waals surface area contributed by atoms with Crippen molar-refractivity contribution in [2.75, 3.05) is 5.75 Å². The van der Waals surface area contributed by atoms with Crippen LogP contribution >= 0.6 is 24.4 Å². The fraction of sp³-hybridized carbons (Fsp3) is 0.842. The van der Waals surface area contributed by atoms with E-state index in [9.17, 15) is 9.59 Å². The lowest BCUT2D eigenvalue weighted by molar-refractivity contribution is -0.225. The van der Waals surface area contributed by atoms with E-state index in [4.69, 9.17) is 4.84 Å². The first-order chi connectivity index (χ1) is 13.1. The van der Waals surface area contributed by atoms with Crippen LogP contribution in [-0.2, 0) is 14.4 Å². The van der Waals surface area contributed by atoms with Gasteiger partial charge in [-0.3, -0.25) is 4.79 Å². The van der Waals surface area contributed by atoms with Gasteiger partial charge in [-0.05, 0) is 38.4 Å². The van der Waals surface area contributed by atoms with Crippen LogP contribution in [0.1, 0.15) is 77.6 Å². The quantitative estimate of drug-likeness (QED) is 0.527. The van der Waals surface area contributed by atoms with Gasteiger partial charge in [0.05, 0.1) is 5.04 Å². The molecule has 1 atom stereocenters.